The molecule has 4 heterocycles. The molecule has 0 radical (unpaired) electrons. The minimum Gasteiger partial charge on any atom is -0.496 e. The van der Waals surface area contributed by atoms with E-state index in [1.807, 2.05) is 43.8 Å². The standard InChI is InChI=1S/C24H27N7O/c1-12(2)31-21(9-13(3)30-31)27-24-23-16-11-20(32-6)17(22-14(4)28-29-15(22)5)10-19(16)26-18(23)7-8-25-24/h7-12,26H,1-6H3,(H,25,27)(H,28,29). The minimum atomic E-state index is 0.234. The third-order valence-electron chi connectivity index (χ3n) is 5.82. The van der Waals surface area contributed by atoms with Crippen LogP contribution in [0.15, 0.2) is 30.5 Å². The minimum absolute atomic E-state index is 0.234. The average Bonchev–Trinajstić information content (AvgIpc) is 3.41. The second-order valence-corrected chi connectivity index (χ2v) is 8.45. The van der Waals surface area contributed by atoms with Crippen molar-refractivity contribution in [3.63, 3.8) is 0 Å². The van der Waals surface area contributed by atoms with Crippen molar-refractivity contribution in [3.05, 3.63) is 47.5 Å². The van der Waals surface area contributed by atoms with Crippen LogP contribution in [0.3, 0.4) is 0 Å². The van der Waals surface area contributed by atoms with Crippen LogP contribution in [0.2, 0.25) is 0 Å². The Bertz CT molecular complexity index is 1440. The van der Waals surface area contributed by atoms with E-state index in [-0.39, 0.29) is 6.04 Å². The van der Waals surface area contributed by atoms with Gasteiger partial charge in [0.05, 0.1) is 29.4 Å². The van der Waals surface area contributed by atoms with Crippen molar-refractivity contribution in [2.75, 3.05) is 12.4 Å². The number of rotatable bonds is 5. The van der Waals surface area contributed by atoms with Gasteiger partial charge in [0.25, 0.3) is 0 Å². The molecule has 5 aromatic rings. The van der Waals surface area contributed by atoms with Crippen molar-refractivity contribution >= 4 is 33.4 Å². The van der Waals surface area contributed by atoms with Gasteiger partial charge in [0.1, 0.15) is 17.4 Å². The summed E-state index contributed by atoms with van der Waals surface area (Å²) in [6.07, 6.45) is 1.81. The zero-order chi connectivity index (χ0) is 22.6. The van der Waals surface area contributed by atoms with Crippen molar-refractivity contribution in [3.8, 4) is 16.9 Å². The molecule has 1 aromatic carbocycles. The molecule has 0 saturated heterocycles. The van der Waals surface area contributed by atoms with Gasteiger partial charge >= 0.3 is 0 Å². The number of nitrogens with zero attached hydrogens (tertiary/aromatic N) is 4. The van der Waals surface area contributed by atoms with E-state index in [0.717, 1.165) is 67.4 Å². The molecule has 0 aliphatic rings. The number of H-pyrrole nitrogens is 2. The molecule has 164 valence electrons. The van der Waals surface area contributed by atoms with E-state index in [0.29, 0.717) is 0 Å². The van der Waals surface area contributed by atoms with E-state index in [9.17, 15) is 0 Å². The Hall–Kier alpha value is -3.81. The van der Waals surface area contributed by atoms with Gasteiger partial charge in [0.2, 0.25) is 0 Å². The number of benzene rings is 1. The van der Waals surface area contributed by atoms with Crippen molar-refractivity contribution in [2.45, 2.75) is 40.7 Å². The van der Waals surface area contributed by atoms with Crippen LogP contribution in [-0.2, 0) is 0 Å². The molecule has 32 heavy (non-hydrogen) atoms. The molecule has 0 unspecified atom stereocenters. The SMILES string of the molecule is COc1cc2c(cc1-c1c(C)n[nH]c1C)[nH]c1ccnc(Nc3cc(C)nn3C(C)C)c12. The fourth-order valence-corrected chi connectivity index (χ4v) is 4.41. The molecule has 0 atom stereocenters. The number of aryl methyl sites for hydroxylation is 3. The van der Waals surface area contributed by atoms with Crippen molar-refractivity contribution < 1.29 is 4.74 Å². The van der Waals surface area contributed by atoms with E-state index in [2.05, 4.69) is 56.6 Å². The number of pyridine rings is 1. The molecular formula is C24H27N7O. The zero-order valence-electron chi connectivity index (χ0n) is 19.2. The van der Waals surface area contributed by atoms with E-state index in [1.165, 1.54) is 0 Å². The summed E-state index contributed by atoms with van der Waals surface area (Å²) < 4.78 is 7.79. The summed E-state index contributed by atoms with van der Waals surface area (Å²) in [5, 5.41) is 17.6. The topological polar surface area (TPSA) is 96.4 Å². The number of anilines is 2. The largest absolute Gasteiger partial charge is 0.496 e. The van der Waals surface area contributed by atoms with Crippen LogP contribution in [0.4, 0.5) is 11.6 Å². The fourth-order valence-electron chi connectivity index (χ4n) is 4.41. The Morgan fingerprint density at radius 3 is 2.59 bits per heavy atom. The maximum absolute atomic E-state index is 5.81. The lowest BCUT2D eigenvalue weighted by Gasteiger charge is -2.13. The molecule has 3 N–H and O–H groups in total. The zero-order valence-corrected chi connectivity index (χ0v) is 19.2. The summed E-state index contributed by atoms with van der Waals surface area (Å²) in [6.45, 7) is 10.2. The number of hydrogen-bond donors (Lipinski definition) is 3. The number of methoxy groups -OCH3 is 1. The summed E-state index contributed by atoms with van der Waals surface area (Å²) in [6, 6.07) is 8.47. The summed E-state index contributed by atoms with van der Waals surface area (Å²) in [7, 11) is 1.70. The van der Waals surface area contributed by atoms with Gasteiger partial charge < -0.3 is 15.0 Å². The smallest absolute Gasteiger partial charge is 0.141 e. The normalized spacial score (nSPS) is 11.7. The van der Waals surface area contributed by atoms with Crippen LogP contribution in [0.1, 0.15) is 37.0 Å². The predicted molar refractivity (Wildman–Crippen MR) is 128 cm³/mol. The molecule has 0 amide bonds. The monoisotopic (exact) mass is 429 g/mol. The first-order valence-electron chi connectivity index (χ1n) is 10.7. The van der Waals surface area contributed by atoms with E-state index < -0.39 is 0 Å². The van der Waals surface area contributed by atoms with Gasteiger partial charge in [-0.2, -0.15) is 10.2 Å². The van der Waals surface area contributed by atoms with Crippen LogP contribution >= 0.6 is 0 Å². The van der Waals surface area contributed by atoms with E-state index in [4.69, 9.17) is 4.74 Å². The molecule has 0 aliphatic carbocycles. The second kappa shape index (κ2) is 7.40. The van der Waals surface area contributed by atoms with Gasteiger partial charge in [-0.1, -0.05) is 0 Å². The first kappa shape index (κ1) is 20.1. The van der Waals surface area contributed by atoms with Gasteiger partial charge in [-0.25, -0.2) is 9.67 Å². The molecule has 4 aromatic heterocycles. The molecule has 0 spiro atoms. The number of ether oxygens (including phenoxy) is 1. The lowest BCUT2D eigenvalue weighted by atomic mass is 10.0. The average molecular weight is 430 g/mol. The maximum Gasteiger partial charge on any atom is 0.141 e. The predicted octanol–water partition coefficient (Wildman–Crippen LogP) is 5.56. The Balaban J connectivity index is 1.72. The van der Waals surface area contributed by atoms with Gasteiger partial charge in [-0.3, -0.25) is 5.10 Å². The number of aromatic nitrogens is 6. The van der Waals surface area contributed by atoms with Crippen LogP contribution in [-0.4, -0.2) is 37.1 Å². The summed E-state index contributed by atoms with van der Waals surface area (Å²) in [5.41, 5.74) is 7.01. The summed E-state index contributed by atoms with van der Waals surface area (Å²) in [4.78, 5) is 8.21. The molecule has 8 nitrogen and oxygen atoms in total. The third kappa shape index (κ3) is 3.10. The lowest BCUT2D eigenvalue weighted by Crippen LogP contribution is -2.07. The van der Waals surface area contributed by atoms with Crippen LogP contribution < -0.4 is 10.1 Å². The Morgan fingerprint density at radius 2 is 1.91 bits per heavy atom. The van der Waals surface area contributed by atoms with Gasteiger partial charge in [0.15, 0.2) is 0 Å². The van der Waals surface area contributed by atoms with Crippen molar-refractivity contribution in [1.29, 1.82) is 0 Å². The maximum atomic E-state index is 5.81. The number of nitrogens with one attached hydrogen (secondary N) is 3. The quantitative estimate of drug-likeness (QED) is 0.340. The number of aromatic amines is 2. The molecule has 0 fully saturated rings. The molecule has 0 saturated carbocycles. The van der Waals surface area contributed by atoms with Gasteiger partial charge in [-0.05, 0) is 52.8 Å². The molecular weight excluding hydrogens is 402 g/mol. The summed E-state index contributed by atoms with van der Waals surface area (Å²) in [5.74, 6) is 2.49. The molecule has 0 aliphatic heterocycles. The molecule has 8 heteroatoms. The number of hydrogen-bond acceptors (Lipinski definition) is 5. The Kier molecular flexibility index (Phi) is 4.65. The summed E-state index contributed by atoms with van der Waals surface area (Å²) >= 11 is 0. The van der Waals surface area contributed by atoms with E-state index >= 15 is 0 Å². The van der Waals surface area contributed by atoms with Crippen LogP contribution in [0.5, 0.6) is 5.75 Å². The van der Waals surface area contributed by atoms with Crippen LogP contribution in [0.25, 0.3) is 32.9 Å². The highest BCUT2D eigenvalue weighted by molar-refractivity contribution is 6.14. The van der Waals surface area contributed by atoms with Crippen molar-refractivity contribution in [1.82, 2.24) is 29.9 Å². The third-order valence-corrected chi connectivity index (χ3v) is 5.82. The van der Waals surface area contributed by atoms with Gasteiger partial charge in [-0.15, -0.1) is 0 Å². The molecule has 0 bridgehead atoms. The Labute approximate surface area is 186 Å². The number of fused-ring (bicyclic) bond motifs is 3. The highest BCUT2D eigenvalue weighted by Gasteiger charge is 2.19. The van der Waals surface area contributed by atoms with Crippen molar-refractivity contribution in [2.24, 2.45) is 0 Å². The van der Waals surface area contributed by atoms with Crippen LogP contribution in [0, 0.1) is 20.8 Å². The lowest BCUT2D eigenvalue weighted by molar-refractivity contribution is 0.417. The van der Waals surface area contributed by atoms with E-state index in [1.54, 1.807) is 7.11 Å². The molecule has 5 rings (SSSR count). The Morgan fingerprint density at radius 1 is 1.09 bits per heavy atom. The highest BCUT2D eigenvalue weighted by Crippen LogP contribution is 2.40. The first-order valence-corrected chi connectivity index (χ1v) is 10.7. The second-order valence-electron chi connectivity index (χ2n) is 8.45. The highest BCUT2D eigenvalue weighted by atomic mass is 16.5. The fraction of sp³-hybridized carbons (Fsp3) is 0.292. The first-order chi connectivity index (χ1) is 15.4. The van der Waals surface area contributed by atoms with Gasteiger partial charge in [0, 0.05) is 46.0 Å².